The maximum absolute atomic E-state index is 6.83. The zero-order valence-corrected chi connectivity index (χ0v) is 35.7. The Hall–Kier alpha value is -7.04. The smallest absolute Gasteiger partial charge is 0.159 e. The molecule has 0 saturated carbocycles. The lowest BCUT2D eigenvalue weighted by atomic mass is 9.83. The van der Waals surface area contributed by atoms with Crippen molar-refractivity contribution in [1.29, 1.82) is 0 Å². The van der Waals surface area contributed by atoms with Gasteiger partial charge < -0.3 is 18.6 Å². The fourth-order valence-corrected chi connectivity index (χ4v) is 10.6. The van der Waals surface area contributed by atoms with E-state index in [4.69, 9.17) is 8.83 Å². The largest absolute Gasteiger partial charge is 0.454 e. The number of nitrogens with zero attached hydrogens (tertiary/aromatic N) is 2. The van der Waals surface area contributed by atoms with Crippen LogP contribution in [-0.2, 0) is 6.42 Å². The minimum Gasteiger partial charge on any atom is -0.454 e. The van der Waals surface area contributed by atoms with Crippen molar-refractivity contribution < 1.29 is 8.83 Å². The first-order valence-corrected chi connectivity index (χ1v) is 22.3. The number of fused-ring (bicyclic) bond motifs is 6. The zero-order chi connectivity index (χ0) is 41.6. The summed E-state index contributed by atoms with van der Waals surface area (Å²) in [7, 11) is 0. The summed E-state index contributed by atoms with van der Waals surface area (Å²) in [5.74, 6) is 1.53. The molecule has 0 spiro atoms. The Morgan fingerprint density at radius 2 is 1.11 bits per heavy atom. The van der Waals surface area contributed by atoms with Crippen LogP contribution in [0.25, 0.3) is 70.9 Å². The molecule has 2 aromatic heterocycles. The highest BCUT2D eigenvalue weighted by atomic mass is 16.3. The van der Waals surface area contributed by atoms with Crippen LogP contribution >= 0.6 is 0 Å². The summed E-state index contributed by atoms with van der Waals surface area (Å²) in [5, 5.41) is 11.2. The van der Waals surface area contributed by atoms with Gasteiger partial charge in [0.2, 0.25) is 0 Å². The molecule has 2 heterocycles. The molecule has 4 nitrogen and oxygen atoms in total. The molecule has 2 aliphatic rings. The molecule has 0 fully saturated rings. The van der Waals surface area contributed by atoms with Crippen molar-refractivity contribution in [2.45, 2.75) is 65.2 Å². The standard InChI is InChI=1S/C58H48N2O2/c1-35(2)47-33-51(59(37-17-7-5-8-18-37)49-25-15-23-43-39-21-11-13-27-53(39)61-57(43)49)45-32-30-42-48(36(3)4)34-52(46-31-29-41(47)55(45)56(42)46)60(38-19-9-6-10-20-38)50-26-16-24-44-40-22-12-14-28-54(40)62-58(44)50/h5-9,11-14,16-19,21-22,24-36H,10,15,20,23H2,1-4H3. The number of hydrogen-bond donors (Lipinski definition) is 0. The van der Waals surface area contributed by atoms with Crippen LogP contribution in [0.1, 0.15) is 81.2 Å². The van der Waals surface area contributed by atoms with Gasteiger partial charge in [-0.15, -0.1) is 0 Å². The summed E-state index contributed by atoms with van der Waals surface area (Å²) in [6, 6.07) is 49.0. The molecule has 0 bridgehead atoms. The highest BCUT2D eigenvalue weighted by Crippen LogP contribution is 2.52. The second-order valence-electron chi connectivity index (χ2n) is 17.8. The van der Waals surface area contributed by atoms with E-state index >= 15 is 0 Å². The van der Waals surface area contributed by atoms with E-state index in [1.165, 1.54) is 71.5 Å². The first kappa shape index (κ1) is 36.8. The molecule has 0 atom stereocenters. The SMILES string of the molecule is CC(C)c1cc(N(C2=CCCc3c2oc2ccccc32)c2ccccc2)c2ccc3c(C(C)C)cc(N(C4=CC=CCC4)c4cccc5c4oc4ccccc45)c4ccc1c2c34. The molecule has 4 heteroatoms. The summed E-state index contributed by atoms with van der Waals surface area (Å²) < 4.78 is 13.6. The fraction of sp³-hybridized carbons (Fsp3) is 0.172. The number of rotatable bonds is 8. The topological polar surface area (TPSA) is 32.8 Å². The van der Waals surface area contributed by atoms with Crippen LogP contribution in [0.4, 0.5) is 22.7 Å². The average Bonchev–Trinajstić information content (AvgIpc) is 3.89. The molecular formula is C58H48N2O2. The van der Waals surface area contributed by atoms with Gasteiger partial charge in [0.25, 0.3) is 0 Å². The average molecular weight is 805 g/mol. The molecule has 0 aliphatic heterocycles. The van der Waals surface area contributed by atoms with Crippen LogP contribution < -0.4 is 9.80 Å². The van der Waals surface area contributed by atoms with E-state index in [2.05, 4.69) is 195 Å². The molecule has 62 heavy (non-hydrogen) atoms. The second-order valence-corrected chi connectivity index (χ2v) is 17.8. The minimum atomic E-state index is 0.281. The third-order valence-corrected chi connectivity index (χ3v) is 13.5. The Kier molecular flexibility index (Phi) is 8.47. The van der Waals surface area contributed by atoms with Gasteiger partial charge in [-0.3, -0.25) is 0 Å². The van der Waals surface area contributed by atoms with Crippen LogP contribution in [-0.4, -0.2) is 0 Å². The van der Waals surface area contributed by atoms with E-state index in [-0.39, 0.29) is 11.8 Å². The van der Waals surface area contributed by atoms with Gasteiger partial charge in [0.1, 0.15) is 11.2 Å². The van der Waals surface area contributed by atoms with Crippen molar-refractivity contribution in [1.82, 2.24) is 0 Å². The molecule has 8 aromatic carbocycles. The highest BCUT2D eigenvalue weighted by molar-refractivity contribution is 6.30. The summed E-state index contributed by atoms with van der Waals surface area (Å²) in [6.07, 6.45) is 13.0. The van der Waals surface area contributed by atoms with Gasteiger partial charge in [0, 0.05) is 43.9 Å². The number of aryl methyl sites for hydroxylation is 1. The van der Waals surface area contributed by atoms with Crippen LogP contribution in [0.2, 0.25) is 0 Å². The summed E-state index contributed by atoms with van der Waals surface area (Å²) in [5.41, 5.74) is 13.6. The van der Waals surface area contributed by atoms with E-state index < -0.39 is 0 Å². The Morgan fingerprint density at radius 1 is 0.500 bits per heavy atom. The fourth-order valence-electron chi connectivity index (χ4n) is 10.6. The monoisotopic (exact) mass is 804 g/mol. The predicted octanol–water partition coefficient (Wildman–Crippen LogP) is 17.0. The molecule has 0 amide bonds. The third kappa shape index (κ3) is 5.52. The molecule has 0 N–H and O–H groups in total. The molecule has 0 saturated heterocycles. The maximum atomic E-state index is 6.83. The lowest BCUT2D eigenvalue weighted by Crippen LogP contribution is -2.19. The van der Waals surface area contributed by atoms with Crippen molar-refractivity contribution in [3.8, 4) is 0 Å². The Labute approximate surface area is 362 Å². The molecule has 302 valence electrons. The van der Waals surface area contributed by atoms with Crippen molar-refractivity contribution in [3.05, 3.63) is 186 Å². The van der Waals surface area contributed by atoms with Crippen LogP contribution in [0.3, 0.4) is 0 Å². The quantitative estimate of drug-likeness (QED) is 0.143. The van der Waals surface area contributed by atoms with Gasteiger partial charge in [0.15, 0.2) is 11.3 Å². The van der Waals surface area contributed by atoms with Crippen molar-refractivity contribution in [2.24, 2.45) is 0 Å². The molecule has 10 aromatic rings. The van der Waals surface area contributed by atoms with Crippen LogP contribution in [0.15, 0.2) is 172 Å². The first-order chi connectivity index (χ1) is 30.4. The molecule has 12 rings (SSSR count). The van der Waals surface area contributed by atoms with Gasteiger partial charge in [-0.05, 0) is 119 Å². The van der Waals surface area contributed by atoms with Gasteiger partial charge in [-0.25, -0.2) is 0 Å². The van der Waals surface area contributed by atoms with E-state index in [0.717, 1.165) is 76.0 Å². The summed E-state index contributed by atoms with van der Waals surface area (Å²) in [6.45, 7) is 9.35. The van der Waals surface area contributed by atoms with Gasteiger partial charge in [0.05, 0.1) is 22.8 Å². The number of hydrogen-bond acceptors (Lipinski definition) is 4. The van der Waals surface area contributed by atoms with E-state index in [1.54, 1.807) is 0 Å². The minimum absolute atomic E-state index is 0.281. The maximum Gasteiger partial charge on any atom is 0.159 e. The van der Waals surface area contributed by atoms with Gasteiger partial charge in [-0.1, -0.05) is 137 Å². The third-order valence-electron chi connectivity index (χ3n) is 13.5. The van der Waals surface area contributed by atoms with E-state index in [9.17, 15) is 0 Å². The Bertz CT molecular complexity index is 3480. The lowest BCUT2D eigenvalue weighted by molar-refractivity contribution is 0.588. The molecular weight excluding hydrogens is 757 g/mol. The zero-order valence-electron chi connectivity index (χ0n) is 35.7. The van der Waals surface area contributed by atoms with Crippen molar-refractivity contribution in [2.75, 3.05) is 9.80 Å². The molecule has 0 radical (unpaired) electrons. The Balaban J connectivity index is 1.18. The van der Waals surface area contributed by atoms with Crippen molar-refractivity contribution in [3.63, 3.8) is 0 Å². The Morgan fingerprint density at radius 3 is 1.79 bits per heavy atom. The number of para-hydroxylation sites is 4. The second kappa shape index (κ2) is 14.3. The summed E-state index contributed by atoms with van der Waals surface area (Å²) >= 11 is 0. The number of allylic oxidation sites excluding steroid dienone is 5. The molecule has 0 unspecified atom stereocenters. The molecule has 2 aliphatic carbocycles. The lowest BCUT2D eigenvalue weighted by Gasteiger charge is -2.33. The van der Waals surface area contributed by atoms with Gasteiger partial charge in [-0.2, -0.15) is 0 Å². The number of anilines is 4. The number of furan rings is 2. The predicted molar refractivity (Wildman–Crippen MR) is 262 cm³/mol. The number of benzene rings is 8. The first-order valence-electron chi connectivity index (χ1n) is 22.3. The van der Waals surface area contributed by atoms with E-state index in [1.807, 2.05) is 0 Å². The van der Waals surface area contributed by atoms with Crippen molar-refractivity contribution >= 4 is 93.7 Å². The highest BCUT2D eigenvalue weighted by Gasteiger charge is 2.31. The van der Waals surface area contributed by atoms with E-state index in [0.29, 0.717) is 0 Å². The van der Waals surface area contributed by atoms with Gasteiger partial charge >= 0.3 is 0 Å². The van der Waals surface area contributed by atoms with Crippen LogP contribution in [0.5, 0.6) is 0 Å². The normalized spacial score (nSPS) is 14.3. The van der Waals surface area contributed by atoms with Crippen LogP contribution in [0, 0.1) is 0 Å². The summed E-state index contributed by atoms with van der Waals surface area (Å²) in [4.78, 5) is 5.00.